The summed E-state index contributed by atoms with van der Waals surface area (Å²) in [5, 5.41) is 3.32. The summed E-state index contributed by atoms with van der Waals surface area (Å²) in [4.78, 5) is 26.8. The Morgan fingerprint density at radius 2 is 2.12 bits per heavy atom. The molecule has 5 rings (SSSR count). The highest BCUT2D eigenvalue weighted by Crippen LogP contribution is 2.38. The van der Waals surface area contributed by atoms with Crippen molar-refractivity contribution in [1.29, 1.82) is 0 Å². The van der Waals surface area contributed by atoms with Gasteiger partial charge in [-0.1, -0.05) is 12.1 Å². The number of aromatic nitrogens is 3. The van der Waals surface area contributed by atoms with E-state index >= 15 is 0 Å². The molecular formula is C19H19N5O. The number of nitrogens with one attached hydrogen (secondary N) is 2. The maximum atomic E-state index is 12.9. The van der Waals surface area contributed by atoms with Gasteiger partial charge in [-0.3, -0.25) is 9.78 Å². The molecule has 1 amide bonds. The van der Waals surface area contributed by atoms with Gasteiger partial charge >= 0.3 is 0 Å². The van der Waals surface area contributed by atoms with E-state index in [0.717, 1.165) is 60.3 Å². The number of H-pyrrole nitrogens is 1. The van der Waals surface area contributed by atoms with Crippen LogP contribution in [0.15, 0.2) is 36.8 Å². The molecule has 0 aliphatic carbocycles. The number of hydrogen-bond donors (Lipinski definition) is 2. The molecule has 0 spiro atoms. The molecule has 6 nitrogen and oxygen atoms in total. The van der Waals surface area contributed by atoms with Crippen molar-refractivity contribution in [2.45, 2.75) is 25.3 Å². The van der Waals surface area contributed by atoms with Crippen LogP contribution in [0.3, 0.4) is 0 Å². The smallest absolute Gasteiger partial charge is 0.244 e. The molecule has 25 heavy (non-hydrogen) atoms. The number of fused-ring (bicyclic) bond motifs is 2. The maximum absolute atomic E-state index is 12.9. The molecule has 6 heteroatoms. The molecule has 0 saturated carbocycles. The lowest BCUT2D eigenvalue weighted by Crippen LogP contribution is -2.42. The van der Waals surface area contributed by atoms with Gasteiger partial charge in [0.1, 0.15) is 5.52 Å². The third-order valence-electron chi connectivity index (χ3n) is 5.25. The second kappa shape index (κ2) is 5.67. The normalized spacial score (nSPS) is 19.5. The number of rotatable bonds is 2. The molecule has 126 valence electrons. The van der Waals surface area contributed by atoms with Gasteiger partial charge in [0, 0.05) is 36.4 Å². The molecule has 1 atom stereocenters. The van der Waals surface area contributed by atoms with Gasteiger partial charge in [-0.15, -0.1) is 0 Å². The maximum Gasteiger partial charge on any atom is 0.244 e. The van der Waals surface area contributed by atoms with Crippen molar-refractivity contribution in [2.24, 2.45) is 0 Å². The van der Waals surface area contributed by atoms with Crippen LogP contribution in [-0.4, -0.2) is 40.0 Å². The van der Waals surface area contributed by atoms with E-state index < -0.39 is 0 Å². The summed E-state index contributed by atoms with van der Waals surface area (Å²) in [5.41, 5.74) is 6.11. The van der Waals surface area contributed by atoms with Gasteiger partial charge in [-0.25, -0.2) is 4.98 Å². The Labute approximate surface area is 145 Å². The van der Waals surface area contributed by atoms with E-state index in [-0.39, 0.29) is 11.9 Å². The zero-order valence-corrected chi connectivity index (χ0v) is 13.8. The average Bonchev–Trinajstić information content (AvgIpc) is 3.39. The molecule has 2 aliphatic heterocycles. The summed E-state index contributed by atoms with van der Waals surface area (Å²) in [5.74, 6) is 0.201. The lowest BCUT2D eigenvalue weighted by Gasteiger charge is -2.21. The number of hydrogen-bond acceptors (Lipinski definition) is 4. The fourth-order valence-electron chi connectivity index (χ4n) is 4.05. The van der Waals surface area contributed by atoms with Crippen molar-refractivity contribution in [3.63, 3.8) is 0 Å². The number of nitrogens with zero attached hydrogens (tertiary/aromatic N) is 3. The molecule has 2 N–H and O–H groups in total. The standard InChI is InChI=1S/C19H19N5O/c25-19(15-4-2-7-20-15)24-10-6-13-12(3-1-5-16(13)24)14-11-23-18-17(14)21-8-9-22-18/h1,3,5,8-9,11,15,20H,2,4,6-7,10H2,(H,22,23). The lowest BCUT2D eigenvalue weighted by molar-refractivity contribution is -0.120. The minimum Gasteiger partial charge on any atom is -0.344 e. The Morgan fingerprint density at radius 3 is 3.00 bits per heavy atom. The summed E-state index contributed by atoms with van der Waals surface area (Å²) in [6, 6.07) is 6.15. The predicted octanol–water partition coefficient (Wildman–Crippen LogP) is 2.27. The van der Waals surface area contributed by atoms with Crippen LogP contribution in [0.25, 0.3) is 22.3 Å². The first-order chi connectivity index (χ1) is 12.3. The van der Waals surface area contributed by atoms with Crippen LogP contribution in [0.1, 0.15) is 18.4 Å². The van der Waals surface area contributed by atoms with Gasteiger partial charge in [-0.2, -0.15) is 0 Å². The van der Waals surface area contributed by atoms with Gasteiger partial charge in [0.15, 0.2) is 5.65 Å². The SMILES string of the molecule is O=C(C1CCCN1)N1CCc2c(-c3c[nH]c4nccnc34)cccc21. The number of carbonyl (C=O) groups excluding carboxylic acids is 1. The molecule has 2 aliphatic rings. The van der Waals surface area contributed by atoms with Gasteiger partial charge in [-0.05, 0) is 43.0 Å². The minimum absolute atomic E-state index is 0.0337. The highest BCUT2D eigenvalue weighted by atomic mass is 16.2. The Bertz CT molecular complexity index is 957. The van der Waals surface area contributed by atoms with E-state index in [1.165, 1.54) is 5.56 Å². The quantitative estimate of drug-likeness (QED) is 0.754. The van der Waals surface area contributed by atoms with Crippen LogP contribution >= 0.6 is 0 Å². The number of anilines is 1. The molecule has 2 aromatic heterocycles. The number of carbonyl (C=O) groups is 1. The first-order valence-electron chi connectivity index (χ1n) is 8.78. The highest BCUT2D eigenvalue weighted by Gasteiger charge is 2.32. The molecule has 3 aromatic rings. The summed E-state index contributed by atoms with van der Waals surface area (Å²) >= 11 is 0. The highest BCUT2D eigenvalue weighted by molar-refractivity contribution is 6.01. The summed E-state index contributed by atoms with van der Waals surface area (Å²) in [6.45, 7) is 1.68. The minimum atomic E-state index is -0.0337. The van der Waals surface area contributed by atoms with Crippen LogP contribution in [0.4, 0.5) is 5.69 Å². The molecule has 1 unspecified atom stereocenters. The van der Waals surface area contributed by atoms with E-state index in [9.17, 15) is 4.79 Å². The third-order valence-corrected chi connectivity index (χ3v) is 5.25. The van der Waals surface area contributed by atoms with E-state index in [1.807, 2.05) is 17.2 Å². The second-order valence-electron chi connectivity index (χ2n) is 6.65. The zero-order valence-electron chi connectivity index (χ0n) is 13.8. The van der Waals surface area contributed by atoms with Gasteiger partial charge in [0.25, 0.3) is 0 Å². The molecule has 0 bridgehead atoms. The Morgan fingerprint density at radius 1 is 1.20 bits per heavy atom. The first kappa shape index (κ1) is 14.6. The van der Waals surface area contributed by atoms with Crippen molar-refractivity contribution in [3.8, 4) is 11.1 Å². The average molecular weight is 333 g/mol. The molecular weight excluding hydrogens is 314 g/mol. The topological polar surface area (TPSA) is 73.9 Å². The molecule has 1 saturated heterocycles. The largest absolute Gasteiger partial charge is 0.344 e. The first-order valence-corrected chi connectivity index (χ1v) is 8.78. The monoisotopic (exact) mass is 333 g/mol. The van der Waals surface area contributed by atoms with Crippen molar-refractivity contribution in [3.05, 3.63) is 42.4 Å². The van der Waals surface area contributed by atoms with Crippen LogP contribution in [0.2, 0.25) is 0 Å². The van der Waals surface area contributed by atoms with E-state index in [4.69, 9.17) is 0 Å². The Hall–Kier alpha value is -2.73. The molecule has 1 fully saturated rings. The van der Waals surface area contributed by atoms with Crippen LogP contribution in [0, 0.1) is 0 Å². The number of aromatic amines is 1. The van der Waals surface area contributed by atoms with Gasteiger partial charge < -0.3 is 15.2 Å². The molecule has 4 heterocycles. The number of benzene rings is 1. The third kappa shape index (κ3) is 2.25. The lowest BCUT2D eigenvalue weighted by atomic mass is 9.99. The second-order valence-corrected chi connectivity index (χ2v) is 6.65. The summed E-state index contributed by atoms with van der Waals surface area (Å²) < 4.78 is 0. The van der Waals surface area contributed by atoms with Crippen molar-refractivity contribution in [2.75, 3.05) is 18.0 Å². The van der Waals surface area contributed by atoms with Crippen LogP contribution in [-0.2, 0) is 11.2 Å². The predicted molar refractivity (Wildman–Crippen MR) is 96.4 cm³/mol. The fourth-order valence-corrected chi connectivity index (χ4v) is 4.05. The molecule has 0 radical (unpaired) electrons. The fraction of sp³-hybridized carbons (Fsp3) is 0.316. The van der Waals surface area contributed by atoms with E-state index in [1.54, 1.807) is 12.4 Å². The molecule has 1 aromatic carbocycles. The Balaban J connectivity index is 1.57. The van der Waals surface area contributed by atoms with Crippen molar-refractivity contribution >= 4 is 22.8 Å². The number of amides is 1. The van der Waals surface area contributed by atoms with Crippen LogP contribution < -0.4 is 10.2 Å². The van der Waals surface area contributed by atoms with Crippen molar-refractivity contribution < 1.29 is 4.79 Å². The Kier molecular flexibility index (Phi) is 3.31. The van der Waals surface area contributed by atoms with Crippen LogP contribution in [0.5, 0.6) is 0 Å². The van der Waals surface area contributed by atoms with Gasteiger partial charge in [0.05, 0.1) is 6.04 Å². The summed E-state index contributed by atoms with van der Waals surface area (Å²) in [6.07, 6.45) is 8.24. The van der Waals surface area contributed by atoms with E-state index in [2.05, 4.69) is 32.4 Å². The summed E-state index contributed by atoms with van der Waals surface area (Å²) in [7, 11) is 0. The van der Waals surface area contributed by atoms with Crippen molar-refractivity contribution in [1.82, 2.24) is 20.3 Å². The zero-order chi connectivity index (χ0) is 16.8. The van der Waals surface area contributed by atoms with E-state index in [0.29, 0.717) is 0 Å². The van der Waals surface area contributed by atoms with Gasteiger partial charge in [0.2, 0.25) is 5.91 Å².